The molecule has 0 aromatic carbocycles. The van der Waals surface area contributed by atoms with Crippen LogP contribution >= 0.6 is 0 Å². The van der Waals surface area contributed by atoms with Gasteiger partial charge >= 0.3 is 5.97 Å². The summed E-state index contributed by atoms with van der Waals surface area (Å²) in [5.74, 6) is -1.01. The Bertz CT molecular complexity index is 365. The fraction of sp³-hybridized carbons (Fsp3) is 0.846. The minimum absolute atomic E-state index is 0.0854. The number of carboxylic acid groups (broad SMARTS) is 1. The van der Waals surface area contributed by atoms with Gasteiger partial charge < -0.3 is 10.0 Å². The molecule has 1 heterocycles. The molecule has 2 aliphatic rings. The van der Waals surface area contributed by atoms with Crippen LogP contribution in [0.15, 0.2) is 0 Å². The molecule has 0 spiro atoms. The second-order valence-electron chi connectivity index (χ2n) is 5.77. The number of carbonyl (C=O) groups excluding carboxylic acids is 1. The lowest BCUT2D eigenvalue weighted by molar-refractivity contribution is -0.160. The summed E-state index contributed by atoms with van der Waals surface area (Å²) in [6.45, 7) is 6.49. The van der Waals surface area contributed by atoms with Crippen molar-refractivity contribution in [2.45, 2.75) is 57.7 Å². The molecule has 0 aromatic heterocycles. The quantitative estimate of drug-likeness (QED) is 0.811. The van der Waals surface area contributed by atoms with Crippen LogP contribution in [0.1, 0.15) is 40.0 Å². The molecule has 102 valence electrons. The van der Waals surface area contributed by atoms with Crippen molar-refractivity contribution < 1.29 is 14.7 Å². The van der Waals surface area contributed by atoms with Crippen LogP contribution in [-0.4, -0.2) is 57.5 Å². The lowest BCUT2D eigenvalue weighted by Gasteiger charge is -2.40. The van der Waals surface area contributed by atoms with Gasteiger partial charge in [0.2, 0.25) is 5.91 Å². The fourth-order valence-electron chi connectivity index (χ4n) is 3.21. The number of hydrogen-bond acceptors (Lipinski definition) is 3. The van der Waals surface area contributed by atoms with Crippen molar-refractivity contribution in [1.29, 1.82) is 0 Å². The molecule has 5 nitrogen and oxygen atoms in total. The van der Waals surface area contributed by atoms with E-state index in [9.17, 15) is 14.7 Å². The van der Waals surface area contributed by atoms with E-state index in [-0.39, 0.29) is 11.9 Å². The average molecular weight is 254 g/mol. The molecule has 2 fully saturated rings. The molecular weight excluding hydrogens is 232 g/mol. The standard InChI is InChI=1S/C13H22N2O3/c1-9(2)15(10(3)16)13(12(17)18)6-7-14(8-13)11-4-5-11/h9,11H,4-8H2,1-3H3,(H,17,18). The molecular formula is C13H22N2O3. The van der Waals surface area contributed by atoms with Gasteiger partial charge in [-0.05, 0) is 33.1 Å². The molecule has 1 saturated heterocycles. The topological polar surface area (TPSA) is 60.9 Å². The second kappa shape index (κ2) is 4.53. The first-order chi connectivity index (χ1) is 8.38. The van der Waals surface area contributed by atoms with Crippen LogP contribution in [0.5, 0.6) is 0 Å². The molecule has 2 rings (SSSR count). The van der Waals surface area contributed by atoms with Crippen LogP contribution in [0.25, 0.3) is 0 Å². The van der Waals surface area contributed by atoms with Crippen LogP contribution in [0, 0.1) is 0 Å². The van der Waals surface area contributed by atoms with Crippen LogP contribution in [0.4, 0.5) is 0 Å². The number of nitrogens with zero attached hydrogens (tertiary/aromatic N) is 2. The van der Waals surface area contributed by atoms with Gasteiger partial charge in [0, 0.05) is 32.1 Å². The van der Waals surface area contributed by atoms with E-state index in [4.69, 9.17) is 0 Å². The van der Waals surface area contributed by atoms with Gasteiger partial charge in [-0.2, -0.15) is 0 Å². The second-order valence-corrected chi connectivity index (χ2v) is 5.77. The molecule has 1 amide bonds. The minimum Gasteiger partial charge on any atom is -0.479 e. The lowest BCUT2D eigenvalue weighted by atomic mass is 9.94. The molecule has 5 heteroatoms. The highest BCUT2D eigenvalue weighted by Crippen LogP contribution is 2.37. The van der Waals surface area contributed by atoms with E-state index in [2.05, 4.69) is 4.90 Å². The molecule has 0 bridgehead atoms. The number of aliphatic carboxylic acids is 1. The normalized spacial score (nSPS) is 28.7. The zero-order chi connectivity index (χ0) is 13.5. The fourth-order valence-corrected chi connectivity index (χ4v) is 3.21. The van der Waals surface area contributed by atoms with Gasteiger partial charge in [-0.15, -0.1) is 0 Å². The van der Waals surface area contributed by atoms with Crippen molar-refractivity contribution in [3.63, 3.8) is 0 Å². The first kappa shape index (κ1) is 13.3. The first-order valence-electron chi connectivity index (χ1n) is 6.66. The summed E-state index contributed by atoms with van der Waals surface area (Å²) < 4.78 is 0. The number of carbonyl (C=O) groups is 2. The van der Waals surface area contributed by atoms with Gasteiger partial charge in [0.05, 0.1) is 0 Å². The van der Waals surface area contributed by atoms with Gasteiger partial charge in [0.1, 0.15) is 0 Å². The Hall–Kier alpha value is -1.10. The molecule has 1 atom stereocenters. The predicted molar refractivity (Wildman–Crippen MR) is 67.2 cm³/mol. The Morgan fingerprint density at radius 3 is 2.39 bits per heavy atom. The molecule has 1 N–H and O–H groups in total. The monoisotopic (exact) mass is 254 g/mol. The highest BCUT2D eigenvalue weighted by atomic mass is 16.4. The van der Waals surface area contributed by atoms with Crippen molar-refractivity contribution in [1.82, 2.24) is 9.80 Å². The van der Waals surface area contributed by atoms with Crippen LogP contribution in [0.2, 0.25) is 0 Å². The Morgan fingerprint density at radius 1 is 1.39 bits per heavy atom. The van der Waals surface area contributed by atoms with Gasteiger partial charge in [-0.1, -0.05) is 0 Å². The largest absolute Gasteiger partial charge is 0.479 e. The number of rotatable bonds is 4. The van der Waals surface area contributed by atoms with E-state index >= 15 is 0 Å². The summed E-state index contributed by atoms with van der Waals surface area (Å²) in [7, 11) is 0. The number of likely N-dealkylation sites (tertiary alicyclic amines) is 1. The van der Waals surface area contributed by atoms with E-state index in [0.717, 1.165) is 19.4 Å². The Kier molecular flexibility index (Phi) is 3.36. The van der Waals surface area contributed by atoms with Gasteiger partial charge in [-0.3, -0.25) is 9.69 Å². The van der Waals surface area contributed by atoms with Crippen molar-refractivity contribution in [2.24, 2.45) is 0 Å². The van der Waals surface area contributed by atoms with E-state index in [0.29, 0.717) is 19.0 Å². The van der Waals surface area contributed by atoms with E-state index in [1.54, 1.807) is 4.90 Å². The highest BCUT2D eigenvalue weighted by molar-refractivity contribution is 5.87. The molecule has 0 radical (unpaired) electrons. The lowest BCUT2D eigenvalue weighted by Crippen LogP contribution is -2.60. The SMILES string of the molecule is CC(=O)N(C(C)C)C1(C(=O)O)CCN(C2CC2)C1. The third-order valence-corrected chi connectivity index (χ3v) is 4.06. The van der Waals surface area contributed by atoms with Crippen LogP contribution in [-0.2, 0) is 9.59 Å². The van der Waals surface area contributed by atoms with E-state index < -0.39 is 11.5 Å². The van der Waals surface area contributed by atoms with Crippen molar-refractivity contribution in [2.75, 3.05) is 13.1 Å². The maximum absolute atomic E-state index is 11.8. The number of carboxylic acids is 1. The van der Waals surface area contributed by atoms with Gasteiger partial charge in [-0.25, -0.2) is 4.79 Å². The zero-order valence-electron chi connectivity index (χ0n) is 11.3. The van der Waals surface area contributed by atoms with E-state index in [1.807, 2.05) is 13.8 Å². The Morgan fingerprint density at radius 2 is 2.00 bits per heavy atom. The Labute approximate surface area is 108 Å². The molecule has 1 aliphatic heterocycles. The summed E-state index contributed by atoms with van der Waals surface area (Å²) in [6, 6.07) is 0.463. The van der Waals surface area contributed by atoms with Gasteiger partial charge in [0.25, 0.3) is 0 Å². The van der Waals surface area contributed by atoms with Crippen molar-refractivity contribution in [3.05, 3.63) is 0 Å². The molecule has 0 aromatic rings. The van der Waals surface area contributed by atoms with E-state index in [1.165, 1.54) is 6.92 Å². The van der Waals surface area contributed by atoms with Crippen LogP contribution in [0.3, 0.4) is 0 Å². The molecule has 1 aliphatic carbocycles. The molecule has 1 unspecified atom stereocenters. The number of hydrogen-bond donors (Lipinski definition) is 1. The Balaban J connectivity index is 2.26. The summed E-state index contributed by atoms with van der Waals surface area (Å²) in [4.78, 5) is 27.3. The third-order valence-electron chi connectivity index (χ3n) is 4.06. The summed E-state index contributed by atoms with van der Waals surface area (Å²) in [6.07, 6.45) is 2.87. The number of amides is 1. The zero-order valence-corrected chi connectivity index (χ0v) is 11.3. The molecule has 18 heavy (non-hydrogen) atoms. The minimum atomic E-state index is -1.03. The maximum atomic E-state index is 11.8. The third kappa shape index (κ3) is 2.11. The van der Waals surface area contributed by atoms with Crippen LogP contribution < -0.4 is 0 Å². The average Bonchev–Trinajstić information content (AvgIpc) is 2.99. The maximum Gasteiger partial charge on any atom is 0.331 e. The van der Waals surface area contributed by atoms with Gasteiger partial charge in [0.15, 0.2) is 5.54 Å². The van der Waals surface area contributed by atoms with Crippen molar-refractivity contribution in [3.8, 4) is 0 Å². The van der Waals surface area contributed by atoms with Crippen molar-refractivity contribution >= 4 is 11.9 Å². The molecule has 1 saturated carbocycles. The summed E-state index contributed by atoms with van der Waals surface area (Å²) in [5, 5.41) is 9.63. The predicted octanol–water partition coefficient (Wildman–Crippen LogP) is 0.935. The summed E-state index contributed by atoms with van der Waals surface area (Å²) in [5.41, 5.74) is -1.03. The smallest absolute Gasteiger partial charge is 0.331 e. The summed E-state index contributed by atoms with van der Waals surface area (Å²) >= 11 is 0. The first-order valence-corrected chi connectivity index (χ1v) is 6.66. The highest BCUT2D eigenvalue weighted by Gasteiger charge is 2.53.